The Labute approximate surface area is 86.2 Å². The zero-order valence-electron chi connectivity index (χ0n) is 7.46. The fourth-order valence-corrected chi connectivity index (χ4v) is 1.61. The Bertz CT molecular complexity index is 329. The van der Waals surface area contributed by atoms with E-state index < -0.39 is 5.95 Å². The van der Waals surface area contributed by atoms with E-state index in [9.17, 15) is 4.39 Å². The van der Waals surface area contributed by atoms with E-state index in [0.717, 1.165) is 6.54 Å². The maximum atomic E-state index is 13.3. The highest BCUT2D eigenvalue weighted by molar-refractivity contribution is 6.30. The number of nitrogens with zero attached hydrogens (tertiary/aromatic N) is 1. The zero-order chi connectivity index (χ0) is 9.97. The van der Waals surface area contributed by atoms with E-state index in [2.05, 4.69) is 10.3 Å². The van der Waals surface area contributed by atoms with Gasteiger partial charge in [-0.2, -0.15) is 4.39 Å². The Kier molecular flexibility index (Phi) is 2.96. The summed E-state index contributed by atoms with van der Waals surface area (Å²) in [5.41, 5.74) is 0.470. The van der Waals surface area contributed by atoms with E-state index in [4.69, 9.17) is 16.3 Å². The molecule has 2 rings (SSSR count). The molecule has 5 heteroatoms. The first kappa shape index (κ1) is 9.83. The van der Waals surface area contributed by atoms with Gasteiger partial charge in [0.05, 0.1) is 24.3 Å². The van der Waals surface area contributed by atoms with Gasteiger partial charge in [-0.15, -0.1) is 0 Å². The van der Waals surface area contributed by atoms with Gasteiger partial charge < -0.3 is 10.1 Å². The van der Waals surface area contributed by atoms with Gasteiger partial charge in [0.1, 0.15) is 0 Å². The van der Waals surface area contributed by atoms with Crippen molar-refractivity contribution in [2.75, 3.05) is 19.8 Å². The van der Waals surface area contributed by atoms with Gasteiger partial charge in [-0.05, 0) is 6.07 Å². The molecule has 1 aliphatic rings. The van der Waals surface area contributed by atoms with Crippen LogP contribution in [0.15, 0.2) is 12.3 Å². The molecule has 1 aliphatic heterocycles. The number of nitrogens with one attached hydrogen (secondary N) is 1. The van der Waals surface area contributed by atoms with Crippen molar-refractivity contribution in [2.45, 2.75) is 6.04 Å². The molecule has 0 bridgehead atoms. The van der Waals surface area contributed by atoms with Gasteiger partial charge in [-0.25, -0.2) is 4.98 Å². The maximum absolute atomic E-state index is 13.3. The molecule has 3 nitrogen and oxygen atoms in total. The van der Waals surface area contributed by atoms with Crippen LogP contribution >= 0.6 is 11.6 Å². The van der Waals surface area contributed by atoms with E-state index in [1.807, 2.05) is 0 Å². The van der Waals surface area contributed by atoms with Crippen LogP contribution in [0.4, 0.5) is 4.39 Å². The monoisotopic (exact) mass is 216 g/mol. The fraction of sp³-hybridized carbons (Fsp3) is 0.444. The lowest BCUT2D eigenvalue weighted by Crippen LogP contribution is -2.35. The van der Waals surface area contributed by atoms with Crippen molar-refractivity contribution in [3.8, 4) is 0 Å². The Balaban J connectivity index is 2.24. The largest absolute Gasteiger partial charge is 0.378 e. The van der Waals surface area contributed by atoms with Gasteiger partial charge in [0, 0.05) is 18.3 Å². The minimum absolute atomic E-state index is 0.144. The molecule has 14 heavy (non-hydrogen) atoms. The van der Waals surface area contributed by atoms with Crippen LogP contribution in [0.25, 0.3) is 0 Å². The lowest BCUT2D eigenvalue weighted by molar-refractivity contribution is 0.0755. The number of rotatable bonds is 1. The molecule has 0 spiro atoms. The van der Waals surface area contributed by atoms with Crippen molar-refractivity contribution in [2.24, 2.45) is 0 Å². The number of ether oxygens (including phenoxy) is 1. The lowest BCUT2D eigenvalue weighted by Gasteiger charge is -2.24. The number of pyridine rings is 1. The molecule has 1 N–H and O–H groups in total. The van der Waals surface area contributed by atoms with Crippen LogP contribution in [0.1, 0.15) is 11.6 Å². The predicted molar refractivity (Wildman–Crippen MR) is 50.8 cm³/mol. The summed E-state index contributed by atoms with van der Waals surface area (Å²) in [6.07, 6.45) is 1.30. The summed E-state index contributed by atoms with van der Waals surface area (Å²) in [4.78, 5) is 3.56. The SMILES string of the molecule is Fc1ncc(Cl)cc1C1COCCN1. The number of aromatic nitrogens is 1. The minimum Gasteiger partial charge on any atom is -0.378 e. The Hall–Kier alpha value is -0.710. The topological polar surface area (TPSA) is 34.1 Å². The molecule has 0 aliphatic carbocycles. The second kappa shape index (κ2) is 4.21. The first-order valence-corrected chi connectivity index (χ1v) is 4.77. The smallest absolute Gasteiger partial charge is 0.217 e. The summed E-state index contributed by atoms with van der Waals surface area (Å²) in [5.74, 6) is -0.489. The van der Waals surface area contributed by atoms with Crippen LogP contribution in [-0.2, 0) is 4.74 Å². The minimum atomic E-state index is -0.489. The third kappa shape index (κ3) is 2.03. The Morgan fingerprint density at radius 3 is 3.21 bits per heavy atom. The van der Waals surface area contributed by atoms with E-state index in [0.29, 0.717) is 23.8 Å². The van der Waals surface area contributed by atoms with Crippen LogP contribution in [0.5, 0.6) is 0 Å². The van der Waals surface area contributed by atoms with E-state index in [-0.39, 0.29) is 6.04 Å². The van der Waals surface area contributed by atoms with Crippen molar-refractivity contribution in [3.05, 3.63) is 28.8 Å². The van der Waals surface area contributed by atoms with E-state index in [1.165, 1.54) is 6.20 Å². The third-order valence-electron chi connectivity index (χ3n) is 2.13. The van der Waals surface area contributed by atoms with Crippen LogP contribution in [-0.4, -0.2) is 24.7 Å². The Morgan fingerprint density at radius 1 is 1.64 bits per heavy atom. The van der Waals surface area contributed by atoms with Gasteiger partial charge in [0.25, 0.3) is 0 Å². The lowest BCUT2D eigenvalue weighted by atomic mass is 10.1. The van der Waals surface area contributed by atoms with Crippen LogP contribution in [0, 0.1) is 5.95 Å². The summed E-state index contributed by atoms with van der Waals surface area (Å²) in [7, 11) is 0. The highest BCUT2D eigenvalue weighted by Gasteiger charge is 2.19. The molecule has 0 radical (unpaired) electrons. The summed E-state index contributed by atoms with van der Waals surface area (Å²) in [6, 6.07) is 1.44. The quantitative estimate of drug-likeness (QED) is 0.723. The average molecular weight is 217 g/mol. The average Bonchev–Trinajstić information content (AvgIpc) is 2.23. The summed E-state index contributed by atoms with van der Waals surface area (Å²) < 4.78 is 18.5. The van der Waals surface area contributed by atoms with Crippen molar-refractivity contribution < 1.29 is 9.13 Å². The molecule has 1 atom stereocenters. The van der Waals surface area contributed by atoms with Crippen molar-refractivity contribution in [3.63, 3.8) is 0 Å². The Morgan fingerprint density at radius 2 is 2.50 bits per heavy atom. The fourth-order valence-electron chi connectivity index (χ4n) is 1.45. The van der Waals surface area contributed by atoms with E-state index >= 15 is 0 Å². The van der Waals surface area contributed by atoms with Gasteiger partial charge in [-0.1, -0.05) is 11.6 Å². The molecule has 76 valence electrons. The maximum Gasteiger partial charge on any atom is 0.217 e. The predicted octanol–water partition coefficient (Wildman–Crippen LogP) is 1.53. The first-order valence-electron chi connectivity index (χ1n) is 4.39. The summed E-state index contributed by atoms with van der Waals surface area (Å²) >= 11 is 5.74. The summed E-state index contributed by atoms with van der Waals surface area (Å²) in [6.45, 7) is 1.83. The van der Waals surface area contributed by atoms with E-state index in [1.54, 1.807) is 6.07 Å². The number of halogens is 2. The molecular weight excluding hydrogens is 207 g/mol. The van der Waals surface area contributed by atoms with Crippen molar-refractivity contribution in [1.29, 1.82) is 0 Å². The summed E-state index contributed by atoms with van der Waals surface area (Å²) in [5, 5.41) is 3.58. The second-order valence-electron chi connectivity index (χ2n) is 3.12. The van der Waals surface area contributed by atoms with Crippen LogP contribution in [0.3, 0.4) is 0 Å². The van der Waals surface area contributed by atoms with Crippen molar-refractivity contribution in [1.82, 2.24) is 10.3 Å². The molecule has 1 unspecified atom stereocenters. The van der Waals surface area contributed by atoms with Crippen molar-refractivity contribution >= 4 is 11.6 Å². The number of morpholine rings is 1. The van der Waals surface area contributed by atoms with Crippen LogP contribution < -0.4 is 5.32 Å². The van der Waals surface area contributed by atoms with Gasteiger partial charge >= 0.3 is 0 Å². The number of hydrogen-bond acceptors (Lipinski definition) is 3. The third-order valence-corrected chi connectivity index (χ3v) is 2.34. The van der Waals surface area contributed by atoms with Crippen LogP contribution in [0.2, 0.25) is 5.02 Å². The first-order chi connectivity index (χ1) is 6.77. The molecular formula is C9H10ClFN2O. The van der Waals surface area contributed by atoms with Gasteiger partial charge in [0.15, 0.2) is 0 Å². The zero-order valence-corrected chi connectivity index (χ0v) is 8.22. The van der Waals surface area contributed by atoms with Gasteiger partial charge in [0.2, 0.25) is 5.95 Å². The molecule has 2 heterocycles. The molecule has 1 fully saturated rings. The standard InChI is InChI=1S/C9H10ClFN2O/c10-6-3-7(9(11)13-4-6)8-5-14-2-1-12-8/h3-4,8,12H,1-2,5H2. The molecule has 1 aromatic heterocycles. The molecule has 0 saturated carbocycles. The van der Waals surface area contributed by atoms with Gasteiger partial charge in [-0.3, -0.25) is 0 Å². The molecule has 0 amide bonds. The second-order valence-corrected chi connectivity index (χ2v) is 3.55. The highest BCUT2D eigenvalue weighted by Crippen LogP contribution is 2.21. The molecule has 1 aromatic rings. The number of hydrogen-bond donors (Lipinski definition) is 1. The normalized spacial score (nSPS) is 22.3. The molecule has 0 aromatic carbocycles. The molecule has 1 saturated heterocycles. The highest BCUT2D eigenvalue weighted by atomic mass is 35.5.